The SMILES string of the molecule is CC(Cn1ccnc1)NCCc1nncn1C(C)C. The molecule has 0 fully saturated rings. The zero-order valence-corrected chi connectivity index (χ0v) is 11.8. The van der Waals surface area contributed by atoms with Crippen LogP contribution in [0.25, 0.3) is 0 Å². The summed E-state index contributed by atoms with van der Waals surface area (Å²) in [4.78, 5) is 4.04. The topological polar surface area (TPSA) is 60.6 Å². The zero-order chi connectivity index (χ0) is 13.7. The van der Waals surface area contributed by atoms with Crippen molar-refractivity contribution >= 4 is 0 Å². The van der Waals surface area contributed by atoms with E-state index >= 15 is 0 Å². The van der Waals surface area contributed by atoms with Gasteiger partial charge in [0, 0.05) is 44.0 Å². The van der Waals surface area contributed by atoms with Crippen molar-refractivity contribution in [3.63, 3.8) is 0 Å². The molecule has 0 amide bonds. The van der Waals surface area contributed by atoms with Gasteiger partial charge < -0.3 is 14.5 Å². The number of aromatic nitrogens is 5. The largest absolute Gasteiger partial charge is 0.336 e. The molecule has 2 aromatic rings. The molecule has 0 spiro atoms. The zero-order valence-electron chi connectivity index (χ0n) is 11.8. The average Bonchev–Trinajstić information content (AvgIpc) is 2.99. The van der Waals surface area contributed by atoms with E-state index in [0.29, 0.717) is 12.1 Å². The molecule has 6 nitrogen and oxygen atoms in total. The molecule has 2 rings (SSSR count). The van der Waals surface area contributed by atoms with Crippen LogP contribution in [0, 0.1) is 0 Å². The highest BCUT2D eigenvalue weighted by Crippen LogP contribution is 2.06. The van der Waals surface area contributed by atoms with Gasteiger partial charge >= 0.3 is 0 Å². The number of rotatable bonds is 7. The average molecular weight is 262 g/mol. The van der Waals surface area contributed by atoms with Crippen molar-refractivity contribution < 1.29 is 0 Å². The molecule has 0 radical (unpaired) electrons. The Labute approximate surface area is 113 Å². The highest BCUT2D eigenvalue weighted by Gasteiger charge is 2.08. The first-order chi connectivity index (χ1) is 9.16. The monoisotopic (exact) mass is 262 g/mol. The second kappa shape index (κ2) is 6.47. The smallest absolute Gasteiger partial charge is 0.134 e. The summed E-state index contributed by atoms with van der Waals surface area (Å²) in [5.41, 5.74) is 0. The quantitative estimate of drug-likeness (QED) is 0.816. The van der Waals surface area contributed by atoms with Crippen LogP contribution in [0.15, 0.2) is 25.0 Å². The van der Waals surface area contributed by atoms with Gasteiger partial charge in [-0.15, -0.1) is 10.2 Å². The Hall–Kier alpha value is -1.69. The predicted octanol–water partition coefficient (Wildman–Crippen LogP) is 1.28. The Morgan fingerprint density at radius 3 is 2.79 bits per heavy atom. The van der Waals surface area contributed by atoms with Crippen molar-refractivity contribution in [2.45, 2.75) is 45.8 Å². The van der Waals surface area contributed by atoms with Gasteiger partial charge in [-0.1, -0.05) is 0 Å². The van der Waals surface area contributed by atoms with Crippen molar-refractivity contribution in [3.05, 3.63) is 30.9 Å². The van der Waals surface area contributed by atoms with Gasteiger partial charge in [-0.3, -0.25) is 0 Å². The Morgan fingerprint density at radius 2 is 2.11 bits per heavy atom. The van der Waals surface area contributed by atoms with Crippen LogP contribution in [0.3, 0.4) is 0 Å². The molecule has 2 heterocycles. The van der Waals surface area contributed by atoms with E-state index in [9.17, 15) is 0 Å². The summed E-state index contributed by atoms with van der Waals surface area (Å²) in [6.07, 6.45) is 8.32. The summed E-state index contributed by atoms with van der Waals surface area (Å²) >= 11 is 0. The first-order valence-corrected chi connectivity index (χ1v) is 6.74. The van der Waals surface area contributed by atoms with E-state index in [-0.39, 0.29) is 0 Å². The van der Waals surface area contributed by atoms with Crippen molar-refractivity contribution in [2.75, 3.05) is 6.54 Å². The van der Waals surface area contributed by atoms with Crippen molar-refractivity contribution in [3.8, 4) is 0 Å². The maximum Gasteiger partial charge on any atom is 0.134 e. The first kappa shape index (κ1) is 13.7. The summed E-state index contributed by atoms with van der Waals surface area (Å²) in [5.74, 6) is 1.04. The number of nitrogens with zero attached hydrogens (tertiary/aromatic N) is 5. The number of nitrogens with one attached hydrogen (secondary N) is 1. The van der Waals surface area contributed by atoms with Gasteiger partial charge in [0.1, 0.15) is 12.2 Å². The van der Waals surface area contributed by atoms with Gasteiger partial charge in [0.2, 0.25) is 0 Å². The van der Waals surface area contributed by atoms with E-state index in [1.807, 2.05) is 12.5 Å². The lowest BCUT2D eigenvalue weighted by atomic mass is 10.3. The van der Waals surface area contributed by atoms with E-state index in [2.05, 4.69) is 50.4 Å². The third kappa shape index (κ3) is 3.89. The van der Waals surface area contributed by atoms with Gasteiger partial charge in [-0.25, -0.2) is 4.98 Å². The van der Waals surface area contributed by atoms with E-state index in [0.717, 1.165) is 25.3 Å². The van der Waals surface area contributed by atoms with E-state index in [1.165, 1.54) is 0 Å². The summed E-state index contributed by atoms with van der Waals surface area (Å²) < 4.78 is 4.19. The van der Waals surface area contributed by atoms with E-state index in [1.54, 1.807) is 12.5 Å². The van der Waals surface area contributed by atoms with Crippen LogP contribution < -0.4 is 5.32 Å². The molecule has 0 saturated heterocycles. The normalized spacial score (nSPS) is 13.1. The third-order valence-corrected chi connectivity index (χ3v) is 3.09. The minimum Gasteiger partial charge on any atom is -0.336 e. The highest BCUT2D eigenvalue weighted by molar-refractivity contribution is 4.89. The molecular formula is C13H22N6. The molecule has 2 aromatic heterocycles. The Morgan fingerprint density at radius 1 is 1.26 bits per heavy atom. The van der Waals surface area contributed by atoms with Crippen LogP contribution in [-0.4, -0.2) is 36.9 Å². The van der Waals surface area contributed by atoms with Crippen LogP contribution in [0.5, 0.6) is 0 Å². The molecule has 0 aliphatic rings. The Balaban J connectivity index is 1.75. The third-order valence-electron chi connectivity index (χ3n) is 3.09. The van der Waals surface area contributed by atoms with Crippen LogP contribution >= 0.6 is 0 Å². The second-order valence-corrected chi connectivity index (χ2v) is 5.11. The van der Waals surface area contributed by atoms with Crippen LogP contribution in [-0.2, 0) is 13.0 Å². The lowest BCUT2D eigenvalue weighted by Gasteiger charge is -2.15. The molecule has 0 bridgehead atoms. The minimum absolute atomic E-state index is 0.407. The summed E-state index contributed by atoms with van der Waals surface area (Å²) in [5, 5.41) is 11.6. The van der Waals surface area contributed by atoms with Gasteiger partial charge in [-0.2, -0.15) is 0 Å². The molecule has 0 aromatic carbocycles. The van der Waals surface area contributed by atoms with Crippen molar-refractivity contribution in [1.29, 1.82) is 0 Å². The molecule has 6 heteroatoms. The number of imidazole rings is 1. The van der Waals surface area contributed by atoms with Crippen molar-refractivity contribution in [1.82, 2.24) is 29.6 Å². The summed E-state index contributed by atoms with van der Waals surface area (Å²) in [7, 11) is 0. The summed E-state index contributed by atoms with van der Waals surface area (Å²) in [6.45, 7) is 8.29. The molecule has 1 N–H and O–H groups in total. The predicted molar refractivity (Wildman–Crippen MR) is 73.8 cm³/mol. The fourth-order valence-corrected chi connectivity index (χ4v) is 2.08. The van der Waals surface area contributed by atoms with Crippen LogP contribution in [0.2, 0.25) is 0 Å². The number of hydrogen-bond acceptors (Lipinski definition) is 4. The maximum absolute atomic E-state index is 4.17. The minimum atomic E-state index is 0.407. The van der Waals surface area contributed by atoms with Gasteiger partial charge in [0.15, 0.2) is 0 Å². The molecule has 0 saturated carbocycles. The van der Waals surface area contributed by atoms with Gasteiger partial charge in [0.05, 0.1) is 6.33 Å². The fraction of sp³-hybridized carbons (Fsp3) is 0.615. The first-order valence-electron chi connectivity index (χ1n) is 6.74. The second-order valence-electron chi connectivity index (χ2n) is 5.11. The van der Waals surface area contributed by atoms with Crippen molar-refractivity contribution in [2.24, 2.45) is 0 Å². The fourth-order valence-electron chi connectivity index (χ4n) is 2.08. The molecular weight excluding hydrogens is 240 g/mol. The number of hydrogen-bond donors (Lipinski definition) is 1. The molecule has 1 unspecified atom stereocenters. The summed E-state index contributed by atoms with van der Waals surface area (Å²) in [6, 6.07) is 0.818. The van der Waals surface area contributed by atoms with Gasteiger partial charge in [-0.05, 0) is 20.8 Å². The Kier molecular flexibility index (Phi) is 4.68. The molecule has 19 heavy (non-hydrogen) atoms. The Bertz CT molecular complexity index is 473. The van der Waals surface area contributed by atoms with Crippen LogP contribution in [0.1, 0.15) is 32.6 Å². The lowest BCUT2D eigenvalue weighted by Crippen LogP contribution is -2.32. The lowest BCUT2D eigenvalue weighted by molar-refractivity contribution is 0.470. The molecule has 1 atom stereocenters. The highest BCUT2D eigenvalue weighted by atomic mass is 15.3. The van der Waals surface area contributed by atoms with Crippen LogP contribution in [0.4, 0.5) is 0 Å². The molecule has 104 valence electrons. The molecule has 0 aliphatic carbocycles. The van der Waals surface area contributed by atoms with E-state index in [4.69, 9.17) is 0 Å². The standard InChI is InChI=1S/C13H22N6/c1-11(2)19-10-16-17-13(19)4-5-15-12(3)8-18-7-6-14-9-18/h6-7,9-12,15H,4-5,8H2,1-3H3. The van der Waals surface area contributed by atoms with Gasteiger partial charge in [0.25, 0.3) is 0 Å². The molecule has 0 aliphatic heterocycles. The maximum atomic E-state index is 4.17. The van der Waals surface area contributed by atoms with E-state index < -0.39 is 0 Å².